The molecule has 152 valence electrons. The van der Waals surface area contributed by atoms with Gasteiger partial charge in [-0.2, -0.15) is 0 Å². The Labute approximate surface area is 168 Å². The molecule has 29 heavy (non-hydrogen) atoms. The van der Waals surface area contributed by atoms with Crippen LogP contribution < -0.4 is 4.74 Å². The average Bonchev–Trinajstić information content (AvgIpc) is 2.90. The van der Waals surface area contributed by atoms with Gasteiger partial charge < -0.3 is 25.0 Å². The summed E-state index contributed by atoms with van der Waals surface area (Å²) in [5.74, 6) is -0.419. The van der Waals surface area contributed by atoms with Crippen LogP contribution in [0.4, 0.5) is 0 Å². The van der Waals surface area contributed by atoms with Crippen molar-refractivity contribution in [3.05, 3.63) is 47.0 Å². The molecule has 7 heteroatoms. The number of ketones is 1. The van der Waals surface area contributed by atoms with E-state index in [1.165, 1.54) is 24.3 Å². The van der Waals surface area contributed by atoms with Gasteiger partial charge in [-0.3, -0.25) is 9.59 Å². The number of phenolic OH excluding ortho intramolecular Hbond substituents is 3. The Balaban J connectivity index is 1.69. The van der Waals surface area contributed by atoms with Crippen molar-refractivity contribution in [1.82, 2.24) is 4.90 Å². The number of benzene rings is 2. The third kappa shape index (κ3) is 3.72. The van der Waals surface area contributed by atoms with Gasteiger partial charge in [-0.05, 0) is 42.7 Å². The second-order valence-corrected chi connectivity index (χ2v) is 7.55. The normalized spacial score (nSPS) is 19.4. The van der Waals surface area contributed by atoms with E-state index in [-0.39, 0.29) is 47.7 Å². The van der Waals surface area contributed by atoms with E-state index in [2.05, 4.69) is 0 Å². The molecule has 0 spiro atoms. The van der Waals surface area contributed by atoms with Crippen molar-refractivity contribution in [2.45, 2.75) is 44.8 Å². The molecule has 0 saturated carbocycles. The summed E-state index contributed by atoms with van der Waals surface area (Å²) in [5, 5.41) is 29.8. The van der Waals surface area contributed by atoms with Crippen LogP contribution >= 0.6 is 0 Å². The summed E-state index contributed by atoms with van der Waals surface area (Å²) in [7, 11) is 0. The van der Waals surface area contributed by atoms with E-state index < -0.39 is 6.10 Å². The maximum atomic E-state index is 12.7. The number of phenols is 3. The van der Waals surface area contributed by atoms with Crippen molar-refractivity contribution in [3.8, 4) is 23.0 Å². The Hall–Kier alpha value is -3.22. The van der Waals surface area contributed by atoms with Crippen molar-refractivity contribution >= 4 is 11.7 Å². The molecule has 1 saturated heterocycles. The number of aromatic hydroxyl groups is 3. The lowest BCUT2D eigenvalue weighted by Crippen LogP contribution is -2.30. The Kier molecular flexibility index (Phi) is 5.05. The zero-order chi connectivity index (χ0) is 20.5. The SMILES string of the molecule is O=C1CC(c2ccc(O)c(O)c2)Oc2c1ccc(O)c2CN1CCCCCC1=O. The first-order chi connectivity index (χ1) is 13.9. The number of carbonyl (C=O) groups is 2. The minimum absolute atomic E-state index is 0.0252. The number of ether oxygens (including phenoxy) is 1. The van der Waals surface area contributed by atoms with Gasteiger partial charge in [0.15, 0.2) is 17.3 Å². The molecule has 1 amide bonds. The molecular weight excluding hydrogens is 374 g/mol. The minimum Gasteiger partial charge on any atom is -0.507 e. The fourth-order valence-corrected chi connectivity index (χ4v) is 3.91. The minimum atomic E-state index is -0.665. The number of rotatable bonds is 3. The summed E-state index contributed by atoms with van der Waals surface area (Å²) >= 11 is 0. The second-order valence-electron chi connectivity index (χ2n) is 7.55. The lowest BCUT2D eigenvalue weighted by Gasteiger charge is -2.29. The highest BCUT2D eigenvalue weighted by Gasteiger charge is 2.32. The van der Waals surface area contributed by atoms with Crippen molar-refractivity contribution in [1.29, 1.82) is 0 Å². The number of fused-ring (bicyclic) bond motifs is 1. The topological polar surface area (TPSA) is 107 Å². The Morgan fingerprint density at radius 1 is 0.966 bits per heavy atom. The van der Waals surface area contributed by atoms with Gasteiger partial charge >= 0.3 is 0 Å². The van der Waals surface area contributed by atoms with Crippen molar-refractivity contribution < 1.29 is 29.6 Å². The Morgan fingerprint density at radius 2 is 1.76 bits per heavy atom. The van der Waals surface area contributed by atoms with Gasteiger partial charge in [0, 0.05) is 13.0 Å². The van der Waals surface area contributed by atoms with Crippen LogP contribution in [0.25, 0.3) is 0 Å². The number of carbonyl (C=O) groups excluding carboxylic acids is 2. The molecule has 2 aliphatic rings. The second kappa shape index (κ2) is 7.66. The standard InChI is InChI=1S/C22H23NO6/c24-16-8-6-14-18(26)11-20(13-5-7-17(25)19(27)10-13)29-22(14)15(16)12-23-9-3-1-2-4-21(23)28/h5-8,10,20,24-25,27H,1-4,9,11-12H2. The van der Waals surface area contributed by atoms with Crippen LogP contribution in [0.1, 0.15) is 59.7 Å². The number of likely N-dealkylation sites (tertiary alicyclic amines) is 1. The fraction of sp³-hybridized carbons (Fsp3) is 0.364. The summed E-state index contributed by atoms with van der Waals surface area (Å²) in [6.45, 7) is 0.778. The molecule has 2 heterocycles. The van der Waals surface area contributed by atoms with Gasteiger partial charge in [0.25, 0.3) is 0 Å². The van der Waals surface area contributed by atoms with Crippen LogP contribution in [-0.2, 0) is 11.3 Å². The van der Waals surface area contributed by atoms with Gasteiger partial charge in [-0.15, -0.1) is 0 Å². The van der Waals surface area contributed by atoms with E-state index in [9.17, 15) is 24.9 Å². The van der Waals surface area contributed by atoms with Gasteiger partial charge in [-0.25, -0.2) is 0 Å². The van der Waals surface area contributed by atoms with E-state index in [1.807, 2.05) is 0 Å². The fourth-order valence-electron chi connectivity index (χ4n) is 3.91. The van der Waals surface area contributed by atoms with Crippen molar-refractivity contribution in [2.75, 3.05) is 6.54 Å². The summed E-state index contributed by atoms with van der Waals surface area (Å²) < 4.78 is 6.09. The molecule has 3 N–H and O–H groups in total. The number of hydrogen-bond acceptors (Lipinski definition) is 6. The van der Waals surface area contributed by atoms with Crippen LogP contribution in [0.15, 0.2) is 30.3 Å². The van der Waals surface area contributed by atoms with E-state index in [0.29, 0.717) is 29.7 Å². The summed E-state index contributed by atoms with van der Waals surface area (Å²) in [4.78, 5) is 26.8. The zero-order valence-electron chi connectivity index (χ0n) is 15.9. The van der Waals surface area contributed by atoms with E-state index in [1.54, 1.807) is 11.0 Å². The predicted octanol–water partition coefficient (Wildman–Crippen LogP) is 3.41. The lowest BCUT2D eigenvalue weighted by atomic mass is 9.93. The first-order valence-electron chi connectivity index (χ1n) is 9.78. The molecule has 2 aliphatic heterocycles. The van der Waals surface area contributed by atoms with E-state index >= 15 is 0 Å². The highest BCUT2D eigenvalue weighted by atomic mass is 16.5. The molecule has 2 aromatic carbocycles. The van der Waals surface area contributed by atoms with Crippen LogP contribution in [0.2, 0.25) is 0 Å². The van der Waals surface area contributed by atoms with Crippen molar-refractivity contribution in [3.63, 3.8) is 0 Å². The quantitative estimate of drug-likeness (QED) is 0.685. The molecule has 2 aromatic rings. The average molecular weight is 397 g/mol. The van der Waals surface area contributed by atoms with Crippen LogP contribution in [0.5, 0.6) is 23.0 Å². The third-order valence-corrected chi connectivity index (χ3v) is 5.56. The zero-order valence-corrected chi connectivity index (χ0v) is 15.9. The molecular formula is C22H23NO6. The molecule has 1 atom stereocenters. The lowest BCUT2D eigenvalue weighted by molar-refractivity contribution is -0.131. The molecule has 1 fully saturated rings. The Morgan fingerprint density at radius 3 is 2.55 bits per heavy atom. The summed E-state index contributed by atoms with van der Waals surface area (Å²) in [6.07, 6.45) is 2.63. The van der Waals surface area contributed by atoms with Crippen LogP contribution in [0.3, 0.4) is 0 Å². The highest BCUT2D eigenvalue weighted by molar-refractivity contribution is 6.00. The third-order valence-electron chi connectivity index (χ3n) is 5.56. The monoisotopic (exact) mass is 397 g/mol. The first-order valence-corrected chi connectivity index (χ1v) is 9.78. The van der Waals surface area contributed by atoms with Crippen molar-refractivity contribution in [2.24, 2.45) is 0 Å². The molecule has 1 unspecified atom stereocenters. The largest absolute Gasteiger partial charge is 0.507 e. The Bertz CT molecular complexity index is 970. The number of Topliss-reactive ketones (excluding diaryl/α,β-unsaturated/α-hetero) is 1. The number of amides is 1. The molecule has 7 nitrogen and oxygen atoms in total. The molecule has 0 bridgehead atoms. The van der Waals surface area contributed by atoms with Gasteiger partial charge in [0.05, 0.1) is 24.1 Å². The predicted molar refractivity (Wildman–Crippen MR) is 104 cm³/mol. The summed E-state index contributed by atoms with van der Waals surface area (Å²) in [6, 6.07) is 7.28. The maximum Gasteiger partial charge on any atom is 0.222 e. The molecule has 0 aliphatic carbocycles. The van der Waals surface area contributed by atoms with Gasteiger partial charge in [-0.1, -0.05) is 12.5 Å². The van der Waals surface area contributed by atoms with E-state index in [4.69, 9.17) is 4.74 Å². The van der Waals surface area contributed by atoms with Crippen LogP contribution in [0, 0.1) is 0 Å². The highest BCUT2D eigenvalue weighted by Crippen LogP contribution is 2.42. The molecule has 0 radical (unpaired) electrons. The van der Waals surface area contributed by atoms with Gasteiger partial charge in [0.1, 0.15) is 17.6 Å². The smallest absolute Gasteiger partial charge is 0.222 e. The summed E-state index contributed by atoms with van der Waals surface area (Å²) in [5.41, 5.74) is 1.33. The molecule has 4 rings (SSSR count). The number of hydrogen-bond donors (Lipinski definition) is 3. The van der Waals surface area contributed by atoms with Gasteiger partial charge in [0.2, 0.25) is 5.91 Å². The number of nitrogens with zero attached hydrogens (tertiary/aromatic N) is 1. The van der Waals surface area contributed by atoms with E-state index in [0.717, 1.165) is 19.3 Å². The first kappa shape index (κ1) is 19.1. The molecule has 0 aromatic heterocycles. The van der Waals surface area contributed by atoms with Crippen LogP contribution in [-0.4, -0.2) is 38.5 Å². The maximum absolute atomic E-state index is 12.7.